The fourth-order valence-corrected chi connectivity index (χ4v) is 2.04. The van der Waals surface area contributed by atoms with E-state index in [0.717, 1.165) is 0 Å². The molecule has 1 aromatic carbocycles. The first-order valence-electron chi connectivity index (χ1n) is 5.47. The van der Waals surface area contributed by atoms with Gasteiger partial charge in [0.2, 0.25) is 15.8 Å². The van der Waals surface area contributed by atoms with E-state index < -0.39 is 37.3 Å². The van der Waals surface area contributed by atoms with Crippen LogP contribution in [0.3, 0.4) is 0 Å². The largest absolute Gasteiger partial charge is 0.352 e. The highest BCUT2D eigenvalue weighted by atomic mass is 32.2. The van der Waals surface area contributed by atoms with E-state index in [2.05, 4.69) is 5.32 Å². The van der Waals surface area contributed by atoms with Gasteiger partial charge in [-0.15, -0.1) is 0 Å². The summed E-state index contributed by atoms with van der Waals surface area (Å²) in [6.45, 7) is 2.07. The van der Waals surface area contributed by atoms with E-state index in [1.54, 1.807) is 6.92 Å². The van der Waals surface area contributed by atoms with Crippen molar-refractivity contribution in [1.82, 2.24) is 5.32 Å². The summed E-state index contributed by atoms with van der Waals surface area (Å²) < 4.78 is 36.1. The first-order valence-corrected chi connectivity index (χ1v) is 7.02. The highest BCUT2D eigenvalue weighted by Gasteiger charge is 2.27. The van der Waals surface area contributed by atoms with Crippen LogP contribution in [0, 0.1) is 15.9 Å². The van der Waals surface area contributed by atoms with Gasteiger partial charge in [-0.1, -0.05) is 6.92 Å². The molecule has 0 aliphatic carbocycles. The monoisotopic (exact) mass is 305 g/mol. The van der Waals surface area contributed by atoms with E-state index in [1.807, 2.05) is 0 Å². The smallest absolute Gasteiger partial charge is 0.307 e. The van der Waals surface area contributed by atoms with Crippen LogP contribution in [-0.2, 0) is 10.0 Å². The molecule has 0 fully saturated rings. The standard InChI is InChI=1S/C10H12FN3O5S/c1-2-3-13-10(15)6-4-7(14(16)17)9(11)8(5-6)20(12,18)19/h4-5H,2-3H2,1H3,(H,13,15)(H2,12,18,19). The summed E-state index contributed by atoms with van der Waals surface area (Å²) in [5.41, 5.74) is -1.48. The van der Waals surface area contributed by atoms with Crippen LogP contribution in [0.2, 0.25) is 0 Å². The molecule has 110 valence electrons. The zero-order valence-electron chi connectivity index (χ0n) is 10.4. The van der Waals surface area contributed by atoms with Crippen molar-refractivity contribution in [2.24, 2.45) is 5.14 Å². The van der Waals surface area contributed by atoms with E-state index in [-0.39, 0.29) is 12.1 Å². The molecule has 1 rings (SSSR count). The van der Waals surface area contributed by atoms with Crippen molar-refractivity contribution in [3.63, 3.8) is 0 Å². The Bertz CT molecular complexity index is 659. The number of nitrogens with one attached hydrogen (secondary N) is 1. The lowest BCUT2D eigenvalue weighted by molar-refractivity contribution is -0.387. The zero-order chi connectivity index (χ0) is 15.5. The van der Waals surface area contributed by atoms with Gasteiger partial charge in [0.1, 0.15) is 4.90 Å². The number of carbonyl (C=O) groups excluding carboxylic acids is 1. The molecule has 0 heterocycles. The number of amides is 1. The summed E-state index contributed by atoms with van der Waals surface area (Å²) in [6, 6.07) is 1.33. The molecule has 10 heteroatoms. The molecule has 0 spiro atoms. The van der Waals surface area contributed by atoms with E-state index in [4.69, 9.17) is 5.14 Å². The van der Waals surface area contributed by atoms with Crippen molar-refractivity contribution in [2.75, 3.05) is 6.54 Å². The van der Waals surface area contributed by atoms with Crippen molar-refractivity contribution in [1.29, 1.82) is 0 Å². The topological polar surface area (TPSA) is 132 Å². The zero-order valence-corrected chi connectivity index (χ0v) is 11.2. The highest BCUT2D eigenvalue weighted by molar-refractivity contribution is 7.89. The molecule has 0 radical (unpaired) electrons. The summed E-state index contributed by atoms with van der Waals surface area (Å²) >= 11 is 0. The third-order valence-electron chi connectivity index (χ3n) is 2.32. The van der Waals surface area contributed by atoms with Crippen LogP contribution < -0.4 is 10.5 Å². The van der Waals surface area contributed by atoms with Crippen LogP contribution in [0.5, 0.6) is 0 Å². The number of nitro benzene ring substituents is 1. The van der Waals surface area contributed by atoms with Gasteiger partial charge in [-0.05, 0) is 12.5 Å². The van der Waals surface area contributed by atoms with Crippen molar-refractivity contribution in [3.8, 4) is 0 Å². The molecule has 0 bridgehead atoms. The molecular formula is C10H12FN3O5S. The first-order chi connectivity index (χ1) is 9.18. The number of carbonyl (C=O) groups is 1. The number of hydrogen-bond acceptors (Lipinski definition) is 5. The minimum Gasteiger partial charge on any atom is -0.352 e. The molecule has 0 aromatic heterocycles. The lowest BCUT2D eigenvalue weighted by atomic mass is 10.2. The van der Waals surface area contributed by atoms with Crippen molar-refractivity contribution < 1.29 is 22.5 Å². The molecule has 0 atom stereocenters. The maximum absolute atomic E-state index is 13.7. The summed E-state index contributed by atoms with van der Waals surface area (Å²) in [5, 5.41) is 17.9. The molecular weight excluding hydrogens is 293 g/mol. The highest BCUT2D eigenvalue weighted by Crippen LogP contribution is 2.25. The quantitative estimate of drug-likeness (QED) is 0.604. The maximum Gasteiger partial charge on any atom is 0.307 e. The van der Waals surface area contributed by atoms with Gasteiger partial charge in [0.25, 0.3) is 5.91 Å². The summed E-state index contributed by atoms with van der Waals surface area (Å²) in [7, 11) is -4.53. The number of sulfonamides is 1. The van der Waals surface area contributed by atoms with Crippen LogP contribution in [0.1, 0.15) is 23.7 Å². The molecule has 20 heavy (non-hydrogen) atoms. The summed E-state index contributed by atoms with van der Waals surface area (Å²) in [4.78, 5) is 20.2. The lowest BCUT2D eigenvalue weighted by Crippen LogP contribution is -2.25. The number of nitrogens with two attached hydrogens (primary N) is 1. The second-order valence-electron chi connectivity index (χ2n) is 3.87. The molecule has 0 aliphatic rings. The van der Waals surface area contributed by atoms with Gasteiger partial charge in [-0.25, -0.2) is 13.6 Å². The minimum absolute atomic E-state index is 0.286. The number of nitrogens with zero attached hydrogens (tertiary/aromatic N) is 1. The van der Waals surface area contributed by atoms with Gasteiger partial charge in [0.05, 0.1) is 4.92 Å². The van der Waals surface area contributed by atoms with Crippen LogP contribution in [0.25, 0.3) is 0 Å². The number of benzene rings is 1. The van der Waals surface area contributed by atoms with E-state index >= 15 is 0 Å². The number of rotatable bonds is 5. The number of primary sulfonamides is 1. The lowest BCUT2D eigenvalue weighted by Gasteiger charge is -2.07. The first kappa shape index (κ1) is 16.0. The van der Waals surface area contributed by atoms with Gasteiger partial charge < -0.3 is 5.32 Å². The summed E-state index contributed by atoms with van der Waals surface area (Å²) in [5.74, 6) is -2.34. The molecule has 1 amide bonds. The molecule has 0 aliphatic heterocycles. The second kappa shape index (κ2) is 5.92. The predicted octanol–water partition coefficient (Wildman–Crippen LogP) is 0.521. The SMILES string of the molecule is CCCNC(=O)c1cc([N+](=O)[O-])c(F)c(S(N)(=O)=O)c1. The van der Waals surface area contributed by atoms with Gasteiger partial charge in [-0.2, -0.15) is 4.39 Å². The normalized spacial score (nSPS) is 11.2. The second-order valence-corrected chi connectivity index (χ2v) is 5.40. The Kier molecular flexibility index (Phi) is 4.73. The van der Waals surface area contributed by atoms with Crippen molar-refractivity contribution in [3.05, 3.63) is 33.6 Å². The van der Waals surface area contributed by atoms with Gasteiger partial charge in [0.15, 0.2) is 0 Å². The average molecular weight is 305 g/mol. The average Bonchev–Trinajstić information content (AvgIpc) is 2.34. The Labute approximate surface area is 114 Å². The Hall–Kier alpha value is -2.07. The Morgan fingerprint density at radius 1 is 1.50 bits per heavy atom. The number of halogens is 1. The van der Waals surface area contributed by atoms with Crippen molar-refractivity contribution in [2.45, 2.75) is 18.2 Å². The van der Waals surface area contributed by atoms with Crippen molar-refractivity contribution >= 4 is 21.6 Å². The Morgan fingerprint density at radius 3 is 2.55 bits per heavy atom. The van der Waals surface area contributed by atoms with E-state index in [1.165, 1.54) is 0 Å². The fraction of sp³-hybridized carbons (Fsp3) is 0.300. The third-order valence-corrected chi connectivity index (χ3v) is 3.23. The number of nitro groups is 1. The molecule has 0 unspecified atom stereocenters. The van der Waals surface area contributed by atoms with Gasteiger partial charge in [-0.3, -0.25) is 14.9 Å². The Balaban J connectivity index is 3.45. The van der Waals surface area contributed by atoms with Crippen LogP contribution in [0.4, 0.5) is 10.1 Å². The predicted molar refractivity (Wildman–Crippen MR) is 67.1 cm³/mol. The summed E-state index contributed by atoms with van der Waals surface area (Å²) in [6.07, 6.45) is 0.608. The van der Waals surface area contributed by atoms with Gasteiger partial charge >= 0.3 is 5.69 Å². The van der Waals surface area contributed by atoms with Crippen LogP contribution in [0.15, 0.2) is 17.0 Å². The minimum atomic E-state index is -4.53. The molecule has 0 saturated heterocycles. The van der Waals surface area contributed by atoms with Gasteiger partial charge in [0, 0.05) is 18.2 Å². The van der Waals surface area contributed by atoms with E-state index in [0.29, 0.717) is 18.6 Å². The maximum atomic E-state index is 13.7. The molecule has 8 nitrogen and oxygen atoms in total. The molecule has 1 aromatic rings. The molecule has 0 saturated carbocycles. The van der Waals surface area contributed by atoms with E-state index in [9.17, 15) is 27.7 Å². The molecule has 3 N–H and O–H groups in total. The number of hydrogen-bond donors (Lipinski definition) is 2. The van der Waals surface area contributed by atoms with Crippen LogP contribution >= 0.6 is 0 Å². The third kappa shape index (κ3) is 3.48. The Morgan fingerprint density at radius 2 is 2.10 bits per heavy atom. The van der Waals surface area contributed by atoms with Crippen LogP contribution in [-0.4, -0.2) is 25.8 Å². The fourth-order valence-electron chi connectivity index (χ4n) is 1.39.